The summed E-state index contributed by atoms with van der Waals surface area (Å²) >= 11 is 5.90. The van der Waals surface area contributed by atoms with Crippen molar-refractivity contribution < 1.29 is 4.39 Å². The van der Waals surface area contributed by atoms with E-state index in [2.05, 4.69) is 43.0 Å². The summed E-state index contributed by atoms with van der Waals surface area (Å²) in [6, 6.07) is 25.4. The van der Waals surface area contributed by atoms with E-state index in [1.807, 2.05) is 36.4 Å². The molecule has 0 atom stereocenters. The topological polar surface area (TPSA) is 0 Å². The van der Waals surface area contributed by atoms with Crippen LogP contribution in [0, 0.1) is 17.7 Å². The standard InChI is InChI=1S/C28H22ClF/c1-2-3-4-20-5-10-22(11-6-20)24-15-18-27-25(19-24)14-13-23(28(27)30)12-7-21-8-16-26(29)17-9-21/h5-6,8-11,13-19H,2-4H2,1H3. The summed E-state index contributed by atoms with van der Waals surface area (Å²) < 4.78 is 15.0. The first-order valence-corrected chi connectivity index (χ1v) is 10.6. The molecule has 30 heavy (non-hydrogen) atoms. The summed E-state index contributed by atoms with van der Waals surface area (Å²) in [6.45, 7) is 2.21. The fourth-order valence-corrected chi connectivity index (χ4v) is 3.61. The normalized spacial score (nSPS) is 10.6. The van der Waals surface area contributed by atoms with Crippen LogP contribution >= 0.6 is 11.6 Å². The Kier molecular flexibility index (Phi) is 6.17. The molecule has 0 amide bonds. The van der Waals surface area contributed by atoms with E-state index in [0.717, 1.165) is 28.5 Å². The largest absolute Gasteiger partial charge is 0.205 e. The van der Waals surface area contributed by atoms with Gasteiger partial charge in [-0.05, 0) is 71.3 Å². The zero-order chi connectivity index (χ0) is 20.9. The number of hydrogen-bond acceptors (Lipinski definition) is 0. The molecule has 4 aromatic carbocycles. The van der Waals surface area contributed by atoms with Crippen LogP contribution in [-0.2, 0) is 6.42 Å². The molecule has 0 unspecified atom stereocenters. The molecule has 148 valence electrons. The van der Waals surface area contributed by atoms with Gasteiger partial charge in [0.2, 0.25) is 0 Å². The Hall–Kier alpha value is -3.08. The van der Waals surface area contributed by atoms with Crippen molar-refractivity contribution in [2.24, 2.45) is 0 Å². The van der Waals surface area contributed by atoms with E-state index >= 15 is 4.39 Å². The molecule has 0 heterocycles. The quantitative estimate of drug-likeness (QED) is 0.297. The Bertz CT molecular complexity index is 1230. The maximum Gasteiger partial charge on any atom is 0.146 e. The number of fused-ring (bicyclic) bond motifs is 1. The van der Waals surface area contributed by atoms with Crippen LogP contribution in [0.2, 0.25) is 5.02 Å². The van der Waals surface area contributed by atoms with Gasteiger partial charge in [0.15, 0.2) is 0 Å². The van der Waals surface area contributed by atoms with Gasteiger partial charge in [0.25, 0.3) is 0 Å². The second-order valence-electron chi connectivity index (χ2n) is 7.42. The minimum Gasteiger partial charge on any atom is -0.205 e. The Morgan fingerprint density at radius 2 is 1.53 bits per heavy atom. The van der Waals surface area contributed by atoms with Gasteiger partial charge in [-0.15, -0.1) is 0 Å². The Labute approximate surface area is 182 Å². The van der Waals surface area contributed by atoms with Crippen molar-refractivity contribution in [2.45, 2.75) is 26.2 Å². The van der Waals surface area contributed by atoms with E-state index in [0.29, 0.717) is 16.0 Å². The third-order valence-electron chi connectivity index (χ3n) is 5.25. The van der Waals surface area contributed by atoms with E-state index in [1.54, 1.807) is 18.2 Å². The maximum atomic E-state index is 15.0. The summed E-state index contributed by atoms with van der Waals surface area (Å²) in [7, 11) is 0. The number of rotatable bonds is 4. The van der Waals surface area contributed by atoms with Gasteiger partial charge < -0.3 is 0 Å². The molecule has 4 aromatic rings. The summed E-state index contributed by atoms with van der Waals surface area (Å²) in [5.74, 6) is 5.66. The molecule has 0 nitrogen and oxygen atoms in total. The molecule has 4 rings (SSSR count). The Morgan fingerprint density at radius 3 is 2.27 bits per heavy atom. The molecule has 0 aliphatic carbocycles. The number of unbranched alkanes of at least 4 members (excludes halogenated alkanes) is 1. The van der Waals surface area contributed by atoms with Crippen molar-refractivity contribution in [1.29, 1.82) is 0 Å². The van der Waals surface area contributed by atoms with Crippen molar-refractivity contribution in [3.8, 4) is 23.0 Å². The molecule has 0 saturated heterocycles. The number of aryl methyl sites for hydroxylation is 1. The highest BCUT2D eigenvalue weighted by molar-refractivity contribution is 6.30. The fraction of sp³-hybridized carbons (Fsp3) is 0.143. The fourth-order valence-electron chi connectivity index (χ4n) is 3.49. The van der Waals surface area contributed by atoms with Gasteiger partial charge in [-0.2, -0.15) is 0 Å². The van der Waals surface area contributed by atoms with E-state index < -0.39 is 0 Å². The summed E-state index contributed by atoms with van der Waals surface area (Å²) in [5.41, 5.74) is 4.78. The molecule has 0 saturated carbocycles. The van der Waals surface area contributed by atoms with Gasteiger partial charge in [-0.1, -0.05) is 79.3 Å². The molecular formula is C28H22ClF. The number of benzene rings is 4. The molecule has 0 bridgehead atoms. The zero-order valence-corrected chi connectivity index (χ0v) is 17.6. The van der Waals surface area contributed by atoms with Crippen molar-refractivity contribution in [3.05, 3.63) is 106 Å². The van der Waals surface area contributed by atoms with Crippen LogP contribution in [0.5, 0.6) is 0 Å². The van der Waals surface area contributed by atoms with Crippen LogP contribution in [-0.4, -0.2) is 0 Å². The van der Waals surface area contributed by atoms with E-state index in [9.17, 15) is 0 Å². The van der Waals surface area contributed by atoms with Crippen LogP contribution in [0.1, 0.15) is 36.5 Å². The highest BCUT2D eigenvalue weighted by Gasteiger charge is 2.07. The van der Waals surface area contributed by atoms with Crippen LogP contribution in [0.4, 0.5) is 4.39 Å². The van der Waals surface area contributed by atoms with Crippen molar-refractivity contribution in [2.75, 3.05) is 0 Å². The predicted octanol–water partition coefficient (Wildman–Crippen LogP) is 8.04. The lowest BCUT2D eigenvalue weighted by atomic mass is 9.98. The van der Waals surface area contributed by atoms with Gasteiger partial charge >= 0.3 is 0 Å². The lowest BCUT2D eigenvalue weighted by molar-refractivity contribution is 0.636. The van der Waals surface area contributed by atoms with Gasteiger partial charge in [-0.25, -0.2) is 4.39 Å². The summed E-state index contributed by atoms with van der Waals surface area (Å²) in [6.07, 6.45) is 3.52. The highest BCUT2D eigenvalue weighted by atomic mass is 35.5. The Morgan fingerprint density at radius 1 is 0.800 bits per heavy atom. The minimum absolute atomic E-state index is 0.282. The molecule has 0 spiro atoms. The molecule has 0 N–H and O–H groups in total. The van der Waals surface area contributed by atoms with Crippen LogP contribution in [0.15, 0.2) is 78.9 Å². The predicted molar refractivity (Wildman–Crippen MR) is 125 cm³/mol. The second-order valence-corrected chi connectivity index (χ2v) is 7.86. The van der Waals surface area contributed by atoms with E-state index in [-0.39, 0.29) is 5.82 Å². The summed E-state index contributed by atoms with van der Waals surface area (Å²) in [5, 5.41) is 2.11. The maximum absolute atomic E-state index is 15.0. The smallest absolute Gasteiger partial charge is 0.146 e. The molecule has 0 aromatic heterocycles. The van der Waals surface area contributed by atoms with Gasteiger partial charge in [0, 0.05) is 16.0 Å². The molecule has 2 heteroatoms. The highest BCUT2D eigenvalue weighted by Crippen LogP contribution is 2.28. The lowest BCUT2D eigenvalue weighted by Gasteiger charge is -2.07. The van der Waals surface area contributed by atoms with Crippen LogP contribution in [0.25, 0.3) is 21.9 Å². The van der Waals surface area contributed by atoms with Crippen LogP contribution in [0.3, 0.4) is 0 Å². The van der Waals surface area contributed by atoms with Gasteiger partial charge in [-0.3, -0.25) is 0 Å². The Balaban J connectivity index is 1.62. The average molecular weight is 413 g/mol. The molecule has 0 radical (unpaired) electrons. The number of halogens is 2. The molecule has 0 fully saturated rings. The SMILES string of the molecule is CCCCc1ccc(-c2ccc3c(F)c(C#Cc4ccc(Cl)cc4)ccc3c2)cc1. The summed E-state index contributed by atoms with van der Waals surface area (Å²) in [4.78, 5) is 0. The minimum atomic E-state index is -0.282. The zero-order valence-electron chi connectivity index (χ0n) is 16.9. The van der Waals surface area contributed by atoms with Gasteiger partial charge in [0.05, 0.1) is 5.56 Å². The monoisotopic (exact) mass is 412 g/mol. The third kappa shape index (κ3) is 4.56. The van der Waals surface area contributed by atoms with Crippen molar-refractivity contribution >= 4 is 22.4 Å². The second kappa shape index (κ2) is 9.16. The molecular weight excluding hydrogens is 391 g/mol. The van der Waals surface area contributed by atoms with Gasteiger partial charge in [0.1, 0.15) is 5.82 Å². The van der Waals surface area contributed by atoms with Crippen molar-refractivity contribution in [3.63, 3.8) is 0 Å². The first-order chi connectivity index (χ1) is 14.6. The van der Waals surface area contributed by atoms with Crippen LogP contribution < -0.4 is 0 Å². The first-order valence-electron chi connectivity index (χ1n) is 10.2. The van der Waals surface area contributed by atoms with E-state index in [1.165, 1.54) is 18.4 Å². The lowest BCUT2D eigenvalue weighted by Crippen LogP contribution is -1.88. The first kappa shape index (κ1) is 20.2. The third-order valence-corrected chi connectivity index (χ3v) is 5.50. The number of hydrogen-bond donors (Lipinski definition) is 0. The average Bonchev–Trinajstić information content (AvgIpc) is 2.78. The van der Waals surface area contributed by atoms with E-state index in [4.69, 9.17) is 11.6 Å². The molecule has 0 aliphatic rings. The molecule has 0 aliphatic heterocycles. The van der Waals surface area contributed by atoms with Crippen molar-refractivity contribution in [1.82, 2.24) is 0 Å².